The highest BCUT2D eigenvalue weighted by Gasteiger charge is 2.46. The van der Waals surface area contributed by atoms with Crippen LogP contribution in [0.4, 0.5) is 4.39 Å². The fourth-order valence-electron chi connectivity index (χ4n) is 2.22. The van der Waals surface area contributed by atoms with Crippen LogP contribution in [0.25, 0.3) is 0 Å². The summed E-state index contributed by atoms with van der Waals surface area (Å²) in [6.45, 7) is 1.79. The number of halogens is 1. The van der Waals surface area contributed by atoms with E-state index in [1.165, 1.54) is 24.3 Å². The molecule has 2 atom stereocenters. The Kier molecular flexibility index (Phi) is 3.80. The highest BCUT2D eigenvalue weighted by Crippen LogP contribution is 2.33. The molecule has 102 valence electrons. The molecule has 0 spiro atoms. The molecule has 6 heteroatoms. The lowest BCUT2D eigenvalue weighted by atomic mass is 9.88. The van der Waals surface area contributed by atoms with Crippen LogP contribution in [0.15, 0.2) is 24.3 Å². The van der Waals surface area contributed by atoms with Crippen LogP contribution < -0.4 is 0 Å². The van der Waals surface area contributed by atoms with Gasteiger partial charge in [-0.05, 0) is 24.6 Å². The van der Waals surface area contributed by atoms with Crippen LogP contribution in [0.1, 0.15) is 18.4 Å². The minimum Gasteiger partial charge on any atom is -0.465 e. The summed E-state index contributed by atoms with van der Waals surface area (Å²) in [7, 11) is 0. The lowest BCUT2D eigenvalue weighted by molar-refractivity contribution is -0.165. The third kappa shape index (κ3) is 2.58. The third-order valence-electron chi connectivity index (χ3n) is 3.13. The molecule has 1 heterocycles. The standard InChI is InChI=1S/C13H14FNO4/c1-2-19-13(17)11-10(7-15(18)12(11)16)8-3-5-9(14)6-4-8/h3-6,10-11,18H,2,7H2,1H3. The number of hydrogen-bond donors (Lipinski definition) is 1. The van der Waals surface area contributed by atoms with E-state index >= 15 is 0 Å². The molecule has 0 radical (unpaired) electrons. The number of benzene rings is 1. The molecular weight excluding hydrogens is 253 g/mol. The molecule has 1 aromatic rings. The van der Waals surface area contributed by atoms with Gasteiger partial charge in [0.15, 0.2) is 0 Å². The molecule has 1 amide bonds. The van der Waals surface area contributed by atoms with E-state index in [1.54, 1.807) is 6.92 Å². The van der Waals surface area contributed by atoms with Gasteiger partial charge in [0.25, 0.3) is 5.91 Å². The predicted molar refractivity (Wildman–Crippen MR) is 62.8 cm³/mol. The van der Waals surface area contributed by atoms with Crippen molar-refractivity contribution in [2.75, 3.05) is 13.2 Å². The van der Waals surface area contributed by atoms with Crippen molar-refractivity contribution in [1.82, 2.24) is 5.06 Å². The SMILES string of the molecule is CCOC(=O)C1C(=O)N(O)CC1c1ccc(F)cc1. The second-order valence-corrected chi connectivity index (χ2v) is 4.31. The van der Waals surface area contributed by atoms with Crippen LogP contribution in [0.3, 0.4) is 0 Å². The van der Waals surface area contributed by atoms with Gasteiger partial charge in [0, 0.05) is 5.92 Å². The van der Waals surface area contributed by atoms with Crippen LogP contribution >= 0.6 is 0 Å². The maximum absolute atomic E-state index is 12.9. The van der Waals surface area contributed by atoms with E-state index in [9.17, 15) is 19.2 Å². The quantitative estimate of drug-likeness (QED) is 0.509. The van der Waals surface area contributed by atoms with Gasteiger partial charge in [-0.3, -0.25) is 14.8 Å². The van der Waals surface area contributed by atoms with Crippen molar-refractivity contribution in [3.05, 3.63) is 35.6 Å². The van der Waals surface area contributed by atoms with E-state index in [0.29, 0.717) is 10.6 Å². The first-order valence-electron chi connectivity index (χ1n) is 5.97. The lowest BCUT2D eigenvalue weighted by Gasteiger charge is -2.15. The fraction of sp³-hybridized carbons (Fsp3) is 0.385. The van der Waals surface area contributed by atoms with Gasteiger partial charge in [-0.1, -0.05) is 12.1 Å². The summed E-state index contributed by atoms with van der Waals surface area (Å²) in [6.07, 6.45) is 0. The second-order valence-electron chi connectivity index (χ2n) is 4.31. The summed E-state index contributed by atoms with van der Waals surface area (Å²) in [5.74, 6) is -3.36. The highest BCUT2D eigenvalue weighted by molar-refractivity contribution is 6.00. The molecule has 1 aliphatic heterocycles. The van der Waals surface area contributed by atoms with Gasteiger partial charge in [0.1, 0.15) is 11.7 Å². The molecule has 2 unspecified atom stereocenters. The molecule has 1 fully saturated rings. The first kappa shape index (κ1) is 13.5. The van der Waals surface area contributed by atoms with Crippen molar-refractivity contribution in [2.24, 2.45) is 5.92 Å². The van der Waals surface area contributed by atoms with Gasteiger partial charge in [-0.25, -0.2) is 9.45 Å². The molecule has 19 heavy (non-hydrogen) atoms. The molecule has 2 rings (SSSR count). The zero-order chi connectivity index (χ0) is 14.0. The summed E-state index contributed by atoms with van der Waals surface area (Å²) in [4.78, 5) is 23.6. The molecule has 1 aromatic carbocycles. The first-order chi connectivity index (χ1) is 9.04. The van der Waals surface area contributed by atoms with Crippen LogP contribution in [0, 0.1) is 11.7 Å². The van der Waals surface area contributed by atoms with Crippen molar-refractivity contribution in [3.8, 4) is 0 Å². The summed E-state index contributed by atoms with van der Waals surface area (Å²) in [5.41, 5.74) is 0.615. The van der Waals surface area contributed by atoms with Crippen LogP contribution in [-0.4, -0.2) is 35.3 Å². The molecule has 0 aliphatic carbocycles. The Bertz CT molecular complexity index is 488. The Balaban J connectivity index is 2.29. The van der Waals surface area contributed by atoms with E-state index in [2.05, 4.69) is 0 Å². The number of esters is 1. The molecule has 0 saturated carbocycles. The zero-order valence-corrected chi connectivity index (χ0v) is 10.4. The van der Waals surface area contributed by atoms with Gasteiger partial charge in [-0.2, -0.15) is 0 Å². The Labute approximate surface area is 109 Å². The minimum atomic E-state index is -1.07. The Morgan fingerprint density at radius 2 is 2.11 bits per heavy atom. The second kappa shape index (κ2) is 5.36. The monoisotopic (exact) mass is 267 g/mol. The number of nitrogens with zero attached hydrogens (tertiary/aromatic N) is 1. The van der Waals surface area contributed by atoms with E-state index < -0.39 is 29.5 Å². The predicted octanol–water partition coefficient (Wildman–Crippen LogP) is 1.32. The minimum absolute atomic E-state index is 0.00601. The smallest absolute Gasteiger partial charge is 0.319 e. The summed E-state index contributed by atoms with van der Waals surface area (Å²) >= 11 is 0. The van der Waals surface area contributed by atoms with Crippen LogP contribution in [0.5, 0.6) is 0 Å². The van der Waals surface area contributed by atoms with Crippen LogP contribution in [-0.2, 0) is 14.3 Å². The number of rotatable bonds is 3. The lowest BCUT2D eigenvalue weighted by Crippen LogP contribution is -2.30. The number of hydroxylamine groups is 2. The Morgan fingerprint density at radius 1 is 1.47 bits per heavy atom. The molecule has 0 bridgehead atoms. The molecule has 0 aromatic heterocycles. The third-order valence-corrected chi connectivity index (χ3v) is 3.13. The average molecular weight is 267 g/mol. The van der Waals surface area contributed by atoms with E-state index in [4.69, 9.17) is 4.74 Å². The summed E-state index contributed by atoms with van der Waals surface area (Å²) in [6, 6.07) is 5.50. The average Bonchev–Trinajstić information content (AvgIpc) is 2.67. The number of hydrogen-bond acceptors (Lipinski definition) is 4. The van der Waals surface area contributed by atoms with E-state index in [-0.39, 0.29) is 13.2 Å². The highest BCUT2D eigenvalue weighted by atomic mass is 19.1. The molecule has 1 aliphatic rings. The molecule has 5 nitrogen and oxygen atoms in total. The summed E-state index contributed by atoms with van der Waals surface area (Å²) in [5, 5.41) is 9.98. The van der Waals surface area contributed by atoms with Crippen molar-refractivity contribution >= 4 is 11.9 Å². The van der Waals surface area contributed by atoms with Crippen molar-refractivity contribution in [2.45, 2.75) is 12.8 Å². The number of amides is 1. The van der Waals surface area contributed by atoms with Crippen molar-refractivity contribution in [1.29, 1.82) is 0 Å². The van der Waals surface area contributed by atoms with Crippen molar-refractivity contribution in [3.63, 3.8) is 0 Å². The topological polar surface area (TPSA) is 66.8 Å². The van der Waals surface area contributed by atoms with Gasteiger partial charge >= 0.3 is 5.97 Å². The van der Waals surface area contributed by atoms with E-state index in [0.717, 1.165) is 0 Å². The first-order valence-corrected chi connectivity index (χ1v) is 5.97. The maximum Gasteiger partial charge on any atom is 0.319 e. The Morgan fingerprint density at radius 3 is 2.68 bits per heavy atom. The number of carbonyl (C=O) groups excluding carboxylic acids is 2. The van der Waals surface area contributed by atoms with Crippen LogP contribution in [0.2, 0.25) is 0 Å². The van der Waals surface area contributed by atoms with Gasteiger partial charge in [0.05, 0.1) is 13.2 Å². The molecule has 1 saturated heterocycles. The van der Waals surface area contributed by atoms with E-state index in [1.807, 2.05) is 0 Å². The molecular formula is C13H14FNO4. The van der Waals surface area contributed by atoms with Gasteiger partial charge < -0.3 is 4.74 Å². The van der Waals surface area contributed by atoms with Gasteiger partial charge in [-0.15, -0.1) is 0 Å². The normalized spacial score (nSPS) is 22.7. The fourth-order valence-corrected chi connectivity index (χ4v) is 2.22. The number of ether oxygens (including phenoxy) is 1. The summed E-state index contributed by atoms with van der Waals surface area (Å²) < 4.78 is 17.7. The van der Waals surface area contributed by atoms with Gasteiger partial charge in [0.2, 0.25) is 0 Å². The number of carbonyl (C=O) groups is 2. The Hall–Kier alpha value is -1.95. The largest absolute Gasteiger partial charge is 0.465 e. The van der Waals surface area contributed by atoms with Crippen molar-refractivity contribution < 1.29 is 23.9 Å². The maximum atomic E-state index is 12.9. The molecule has 1 N–H and O–H groups in total. The zero-order valence-electron chi connectivity index (χ0n) is 10.4.